The molecule has 0 fully saturated rings. The fourth-order valence-corrected chi connectivity index (χ4v) is 2.88. The minimum atomic E-state index is 0.463. The topological polar surface area (TPSA) is 17.1 Å². The molecule has 0 bridgehead atoms. The van der Waals surface area contributed by atoms with Gasteiger partial charge in [0, 0.05) is 5.57 Å². The predicted molar refractivity (Wildman–Crippen MR) is 94.5 cm³/mol. The van der Waals surface area contributed by atoms with E-state index in [-0.39, 0.29) is 0 Å². The average molecular weight is 292 g/mol. The average Bonchev–Trinajstić information content (AvgIpc) is 2.72. The number of aldehydes is 1. The summed E-state index contributed by atoms with van der Waals surface area (Å²) in [5, 5.41) is 0. The molecule has 114 valence electrons. The third-order valence-electron chi connectivity index (χ3n) is 4.20. The van der Waals surface area contributed by atoms with Crippen LogP contribution in [0.1, 0.15) is 34.6 Å². The highest BCUT2D eigenvalue weighted by Crippen LogP contribution is 2.36. The van der Waals surface area contributed by atoms with E-state index in [1.165, 1.54) is 22.3 Å². The van der Waals surface area contributed by atoms with Crippen molar-refractivity contribution < 1.29 is 4.79 Å². The molecule has 0 aromatic heterocycles. The van der Waals surface area contributed by atoms with Crippen LogP contribution in [0.4, 0.5) is 0 Å². The first-order valence-corrected chi connectivity index (χ1v) is 7.82. The van der Waals surface area contributed by atoms with Crippen molar-refractivity contribution in [3.63, 3.8) is 0 Å². The van der Waals surface area contributed by atoms with Crippen LogP contribution in [0.25, 0.3) is 0 Å². The number of carbonyl (C=O) groups excluding carboxylic acids is 1. The molecule has 0 aromatic carbocycles. The molecule has 0 unspecified atom stereocenters. The minimum absolute atomic E-state index is 0.463. The van der Waals surface area contributed by atoms with Crippen molar-refractivity contribution in [3.8, 4) is 0 Å². The van der Waals surface area contributed by atoms with Gasteiger partial charge < -0.3 is 0 Å². The molecule has 2 rings (SSSR count). The smallest absolute Gasteiger partial charge is 0.150 e. The van der Waals surface area contributed by atoms with Gasteiger partial charge in [-0.15, -0.1) is 0 Å². The Balaban J connectivity index is 2.83. The molecule has 0 saturated carbocycles. The quantitative estimate of drug-likeness (QED) is 0.635. The highest BCUT2D eigenvalue weighted by Gasteiger charge is 2.19. The molecule has 0 atom stereocenters. The Kier molecular flexibility index (Phi) is 4.97. The van der Waals surface area contributed by atoms with Gasteiger partial charge in [0.05, 0.1) is 0 Å². The van der Waals surface area contributed by atoms with E-state index in [0.29, 0.717) is 5.92 Å². The van der Waals surface area contributed by atoms with Crippen LogP contribution in [0.15, 0.2) is 81.5 Å². The van der Waals surface area contributed by atoms with Gasteiger partial charge in [0.25, 0.3) is 0 Å². The molecule has 2 aliphatic carbocycles. The zero-order valence-corrected chi connectivity index (χ0v) is 14.1. The standard InChI is InChI=1S/C21H24O/c1-6-7-17-10-11-19(13-22)16(5)21-15(4)8-9-18(14(2)3)12-20(17)21/h6-14H,1-5H3/b7-6+. The Morgan fingerprint density at radius 2 is 1.68 bits per heavy atom. The summed E-state index contributed by atoms with van der Waals surface area (Å²) in [7, 11) is 0. The number of carbonyl (C=O) groups is 1. The van der Waals surface area contributed by atoms with Crippen LogP contribution in [0.5, 0.6) is 0 Å². The van der Waals surface area contributed by atoms with E-state index in [1.807, 2.05) is 32.1 Å². The third kappa shape index (κ3) is 3.04. The van der Waals surface area contributed by atoms with Crippen LogP contribution < -0.4 is 0 Å². The molecule has 1 heteroatoms. The lowest BCUT2D eigenvalue weighted by molar-refractivity contribution is -0.104. The van der Waals surface area contributed by atoms with Gasteiger partial charge in [0.15, 0.2) is 0 Å². The summed E-state index contributed by atoms with van der Waals surface area (Å²) in [5.74, 6) is 0.463. The maximum Gasteiger partial charge on any atom is 0.150 e. The van der Waals surface area contributed by atoms with Crippen LogP contribution in [-0.2, 0) is 4.79 Å². The van der Waals surface area contributed by atoms with Gasteiger partial charge in [0.2, 0.25) is 0 Å². The molecule has 0 heterocycles. The number of rotatable bonds is 3. The van der Waals surface area contributed by atoms with E-state index in [9.17, 15) is 4.79 Å². The van der Waals surface area contributed by atoms with Crippen LogP contribution in [0.2, 0.25) is 0 Å². The molecule has 0 amide bonds. The van der Waals surface area contributed by atoms with Crippen molar-refractivity contribution in [2.45, 2.75) is 34.6 Å². The number of hydrogen-bond acceptors (Lipinski definition) is 1. The number of fused-ring (bicyclic) bond motifs is 1. The Labute approximate surface area is 133 Å². The monoisotopic (exact) mass is 292 g/mol. The lowest BCUT2D eigenvalue weighted by Crippen LogP contribution is -1.98. The van der Waals surface area contributed by atoms with Crippen molar-refractivity contribution in [2.75, 3.05) is 0 Å². The molecule has 0 N–H and O–H groups in total. The zero-order valence-electron chi connectivity index (χ0n) is 14.1. The lowest BCUT2D eigenvalue weighted by Gasteiger charge is -2.14. The second-order valence-electron chi connectivity index (χ2n) is 6.09. The van der Waals surface area contributed by atoms with E-state index in [0.717, 1.165) is 23.0 Å². The SMILES string of the molecule is C/C=C/C1=C2C=C(C(C)C)C=CC(C)=C2C(C)=C(C=O)C=C1. The molecule has 0 radical (unpaired) electrons. The Morgan fingerprint density at radius 1 is 1.00 bits per heavy atom. The minimum Gasteiger partial charge on any atom is -0.298 e. The van der Waals surface area contributed by atoms with Crippen molar-refractivity contribution in [1.29, 1.82) is 0 Å². The zero-order chi connectivity index (χ0) is 16.3. The van der Waals surface area contributed by atoms with Crippen molar-refractivity contribution >= 4 is 6.29 Å². The highest BCUT2D eigenvalue weighted by molar-refractivity contribution is 5.84. The normalized spacial score (nSPS) is 18.9. The maximum atomic E-state index is 11.4. The van der Waals surface area contributed by atoms with Crippen LogP contribution in [0, 0.1) is 5.92 Å². The highest BCUT2D eigenvalue weighted by atomic mass is 16.1. The summed E-state index contributed by atoms with van der Waals surface area (Å²) in [6, 6.07) is 0. The first kappa shape index (κ1) is 16.2. The fourth-order valence-electron chi connectivity index (χ4n) is 2.88. The van der Waals surface area contributed by atoms with E-state index < -0.39 is 0 Å². The van der Waals surface area contributed by atoms with Gasteiger partial charge >= 0.3 is 0 Å². The molecule has 0 spiro atoms. The van der Waals surface area contributed by atoms with Gasteiger partial charge in [-0.3, -0.25) is 4.79 Å². The van der Waals surface area contributed by atoms with E-state index in [2.05, 4.69) is 45.1 Å². The van der Waals surface area contributed by atoms with Gasteiger partial charge in [-0.1, -0.05) is 56.4 Å². The van der Waals surface area contributed by atoms with Crippen LogP contribution in [-0.4, -0.2) is 6.29 Å². The molecule has 0 aromatic rings. The predicted octanol–water partition coefficient (Wildman–Crippen LogP) is 5.41. The molecular weight excluding hydrogens is 268 g/mol. The van der Waals surface area contributed by atoms with E-state index in [4.69, 9.17) is 0 Å². The summed E-state index contributed by atoms with van der Waals surface area (Å²) in [6.07, 6.45) is 15.7. The fraction of sp³-hybridized carbons (Fsp3) is 0.286. The van der Waals surface area contributed by atoms with Gasteiger partial charge in [-0.05, 0) is 60.1 Å². The molecule has 0 saturated heterocycles. The second-order valence-corrected chi connectivity index (χ2v) is 6.09. The molecule has 22 heavy (non-hydrogen) atoms. The van der Waals surface area contributed by atoms with Crippen LogP contribution >= 0.6 is 0 Å². The first-order chi connectivity index (χ1) is 10.5. The molecule has 0 aliphatic heterocycles. The molecule has 1 nitrogen and oxygen atoms in total. The lowest BCUT2D eigenvalue weighted by atomic mass is 9.89. The van der Waals surface area contributed by atoms with Crippen molar-refractivity contribution in [1.82, 2.24) is 0 Å². The van der Waals surface area contributed by atoms with Crippen LogP contribution in [0.3, 0.4) is 0 Å². The molecular formula is C21H24O. The summed E-state index contributed by atoms with van der Waals surface area (Å²) in [6.45, 7) is 10.6. The van der Waals surface area contributed by atoms with E-state index in [1.54, 1.807) is 0 Å². The Bertz CT molecular complexity index is 698. The van der Waals surface area contributed by atoms with Crippen molar-refractivity contribution in [2.24, 2.45) is 5.92 Å². The summed E-state index contributed by atoms with van der Waals surface area (Å²) >= 11 is 0. The largest absolute Gasteiger partial charge is 0.298 e. The van der Waals surface area contributed by atoms with E-state index >= 15 is 0 Å². The summed E-state index contributed by atoms with van der Waals surface area (Å²) in [4.78, 5) is 11.4. The Hall–Kier alpha value is -2.15. The summed E-state index contributed by atoms with van der Waals surface area (Å²) < 4.78 is 0. The van der Waals surface area contributed by atoms with Gasteiger partial charge in [-0.2, -0.15) is 0 Å². The molecule has 2 aliphatic rings. The third-order valence-corrected chi connectivity index (χ3v) is 4.20. The Morgan fingerprint density at radius 3 is 2.27 bits per heavy atom. The number of hydrogen-bond donors (Lipinski definition) is 0. The van der Waals surface area contributed by atoms with Gasteiger partial charge in [-0.25, -0.2) is 0 Å². The van der Waals surface area contributed by atoms with Crippen molar-refractivity contribution in [3.05, 3.63) is 81.5 Å². The second kappa shape index (κ2) is 6.74. The van der Waals surface area contributed by atoms with Gasteiger partial charge in [0.1, 0.15) is 6.29 Å². The first-order valence-electron chi connectivity index (χ1n) is 7.82. The maximum absolute atomic E-state index is 11.4. The number of allylic oxidation sites excluding steroid dienone is 14. The summed E-state index contributed by atoms with van der Waals surface area (Å²) in [5.41, 5.74) is 7.83.